The van der Waals surface area contributed by atoms with Crippen molar-refractivity contribution in [3.8, 4) is 0 Å². The summed E-state index contributed by atoms with van der Waals surface area (Å²) in [6.07, 6.45) is 6.52. The molecule has 6 heteroatoms. The molecule has 1 amide bonds. The number of halogens is 1. The van der Waals surface area contributed by atoms with Gasteiger partial charge in [-0.2, -0.15) is 0 Å². The van der Waals surface area contributed by atoms with Gasteiger partial charge in [0.1, 0.15) is 0 Å². The average Bonchev–Trinajstić information content (AvgIpc) is 2.72. The summed E-state index contributed by atoms with van der Waals surface area (Å²) in [4.78, 5) is 25.0. The topological polar surface area (TPSA) is 78.4 Å². The van der Waals surface area contributed by atoms with Crippen molar-refractivity contribution in [3.05, 3.63) is 64.7 Å². The van der Waals surface area contributed by atoms with Crippen molar-refractivity contribution in [2.75, 3.05) is 5.32 Å². The Balaban J connectivity index is 1.67. The van der Waals surface area contributed by atoms with Crippen LogP contribution in [0.15, 0.2) is 42.5 Å². The van der Waals surface area contributed by atoms with E-state index in [1.54, 1.807) is 12.1 Å². The second kappa shape index (κ2) is 8.91. The molecule has 2 aromatic carbocycles. The molecule has 0 spiro atoms. The summed E-state index contributed by atoms with van der Waals surface area (Å²) in [6, 6.07) is 13.2. The Morgan fingerprint density at radius 1 is 1.00 bits per heavy atom. The highest BCUT2D eigenvalue weighted by atomic mass is 35.5. The van der Waals surface area contributed by atoms with E-state index in [0.717, 1.165) is 11.3 Å². The third kappa shape index (κ3) is 4.80. The SMILES string of the molecule is O=C(O)c1ccc(CNc2ccc(C3CCCCC3)cc2)cc1C(=O)NCl. The van der Waals surface area contributed by atoms with Gasteiger partial charge in [-0.1, -0.05) is 37.5 Å². The fourth-order valence-corrected chi connectivity index (χ4v) is 3.74. The number of amides is 1. The lowest BCUT2D eigenvalue weighted by molar-refractivity contribution is 0.0691. The molecule has 0 aromatic heterocycles. The maximum absolute atomic E-state index is 11.8. The zero-order valence-electron chi connectivity index (χ0n) is 15.0. The third-order valence-corrected chi connectivity index (χ3v) is 5.30. The zero-order chi connectivity index (χ0) is 19.2. The summed E-state index contributed by atoms with van der Waals surface area (Å²) in [5.41, 5.74) is 3.15. The summed E-state index contributed by atoms with van der Waals surface area (Å²) in [6.45, 7) is 0.477. The lowest BCUT2D eigenvalue weighted by Crippen LogP contribution is -2.17. The second-order valence-corrected chi connectivity index (χ2v) is 7.11. The molecular weight excluding hydrogens is 364 g/mol. The van der Waals surface area contributed by atoms with Crippen LogP contribution in [0.3, 0.4) is 0 Å². The van der Waals surface area contributed by atoms with Gasteiger partial charge < -0.3 is 10.4 Å². The van der Waals surface area contributed by atoms with Crippen LogP contribution in [0, 0.1) is 0 Å². The highest BCUT2D eigenvalue weighted by molar-refractivity contribution is 6.25. The normalized spacial score (nSPS) is 14.6. The molecule has 0 saturated heterocycles. The summed E-state index contributed by atoms with van der Waals surface area (Å²) < 4.78 is 0. The molecule has 0 heterocycles. The number of nitrogens with one attached hydrogen (secondary N) is 2. The van der Waals surface area contributed by atoms with Gasteiger partial charge in [0.05, 0.1) is 11.1 Å². The number of benzene rings is 2. The molecule has 1 aliphatic carbocycles. The molecule has 3 N–H and O–H groups in total. The maximum Gasteiger partial charge on any atom is 0.336 e. The van der Waals surface area contributed by atoms with Crippen molar-refractivity contribution < 1.29 is 14.7 Å². The van der Waals surface area contributed by atoms with Gasteiger partial charge in [0.2, 0.25) is 0 Å². The Labute approximate surface area is 163 Å². The molecule has 0 unspecified atom stereocenters. The van der Waals surface area contributed by atoms with Crippen LogP contribution in [0.5, 0.6) is 0 Å². The highest BCUT2D eigenvalue weighted by Gasteiger charge is 2.17. The van der Waals surface area contributed by atoms with Crippen molar-refractivity contribution in [3.63, 3.8) is 0 Å². The summed E-state index contributed by atoms with van der Waals surface area (Å²) in [5.74, 6) is -1.12. The van der Waals surface area contributed by atoms with Crippen LogP contribution in [0.2, 0.25) is 0 Å². The van der Waals surface area contributed by atoms with Gasteiger partial charge in [-0.15, -0.1) is 0 Å². The third-order valence-electron chi connectivity index (χ3n) is 5.13. The largest absolute Gasteiger partial charge is 0.478 e. The molecule has 1 aliphatic rings. The number of carboxylic acid groups (broad SMARTS) is 1. The molecule has 0 radical (unpaired) electrons. The first-order valence-corrected chi connectivity index (χ1v) is 9.57. The van der Waals surface area contributed by atoms with Crippen LogP contribution in [0.1, 0.15) is 69.9 Å². The van der Waals surface area contributed by atoms with Gasteiger partial charge in [-0.05, 0) is 54.2 Å². The van der Waals surface area contributed by atoms with Crippen LogP contribution < -0.4 is 10.2 Å². The molecule has 2 aromatic rings. The van der Waals surface area contributed by atoms with Crippen LogP contribution in [-0.2, 0) is 6.54 Å². The predicted molar refractivity (Wildman–Crippen MR) is 106 cm³/mol. The quantitative estimate of drug-likeness (QED) is 0.615. The minimum Gasteiger partial charge on any atom is -0.478 e. The number of carbonyl (C=O) groups is 2. The molecule has 0 aliphatic heterocycles. The summed E-state index contributed by atoms with van der Waals surface area (Å²) in [5, 5.41) is 12.5. The fourth-order valence-electron chi connectivity index (χ4n) is 3.64. The van der Waals surface area contributed by atoms with Gasteiger partial charge in [0.15, 0.2) is 0 Å². The molecule has 1 fully saturated rings. The Bertz CT molecular complexity index is 815. The molecule has 1 saturated carbocycles. The van der Waals surface area contributed by atoms with E-state index in [-0.39, 0.29) is 11.1 Å². The van der Waals surface area contributed by atoms with E-state index in [2.05, 4.69) is 29.6 Å². The first-order chi connectivity index (χ1) is 13.1. The van der Waals surface area contributed by atoms with Gasteiger partial charge in [-0.3, -0.25) is 9.63 Å². The standard InChI is InChI=1S/C21H23ClN2O3/c22-24-20(25)19-12-14(6-11-18(19)21(26)27)13-23-17-9-7-16(8-10-17)15-4-2-1-3-5-15/h6-12,15,23H,1-5,13H2,(H,24,25)(H,26,27). The van der Waals surface area contributed by atoms with Crippen molar-refractivity contribution in [1.82, 2.24) is 4.84 Å². The van der Waals surface area contributed by atoms with Crippen LogP contribution in [0.4, 0.5) is 5.69 Å². The predicted octanol–water partition coefficient (Wildman–Crippen LogP) is 4.93. The molecule has 27 heavy (non-hydrogen) atoms. The monoisotopic (exact) mass is 386 g/mol. The van der Waals surface area contributed by atoms with Crippen LogP contribution in [0.25, 0.3) is 0 Å². The van der Waals surface area contributed by atoms with Crippen molar-refractivity contribution >= 4 is 29.3 Å². The number of anilines is 1. The lowest BCUT2D eigenvalue weighted by atomic mass is 9.84. The number of carboxylic acids is 1. The van der Waals surface area contributed by atoms with E-state index in [4.69, 9.17) is 11.8 Å². The fraction of sp³-hybridized carbons (Fsp3) is 0.333. The molecule has 142 valence electrons. The Hall–Kier alpha value is -2.53. The van der Waals surface area contributed by atoms with Gasteiger partial charge in [0, 0.05) is 24.0 Å². The number of hydrogen-bond acceptors (Lipinski definition) is 3. The van der Waals surface area contributed by atoms with Gasteiger partial charge >= 0.3 is 5.97 Å². The van der Waals surface area contributed by atoms with E-state index in [1.807, 2.05) is 4.84 Å². The molecule has 0 bridgehead atoms. The van der Waals surface area contributed by atoms with Crippen LogP contribution >= 0.6 is 11.8 Å². The van der Waals surface area contributed by atoms with E-state index < -0.39 is 11.9 Å². The minimum atomic E-state index is -1.16. The molecule has 0 atom stereocenters. The van der Waals surface area contributed by atoms with E-state index in [1.165, 1.54) is 43.7 Å². The Kier molecular flexibility index (Phi) is 6.35. The number of hydrogen-bond donors (Lipinski definition) is 3. The van der Waals surface area contributed by atoms with Crippen molar-refractivity contribution in [1.29, 1.82) is 0 Å². The Morgan fingerprint density at radius 2 is 1.70 bits per heavy atom. The van der Waals surface area contributed by atoms with E-state index in [0.29, 0.717) is 12.5 Å². The summed E-state index contributed by atoms with van der Waals surface area (Å²) >= 11 is 5.36. The van der Waals surface area contributed by atoms with Gasteiger partial charge in [-0.25, -0.2) is 4.79 Å². The molecule has 5 nitrogen and oxygen atoms in total. The number of rotatable bonds is 6. The average molecular weight is 387 g/mol. The van der Waals surface area contributed by atoms with E-state index >= 15 is 0 Å². The number of aromatic carboxylic acids is 1. The minimum absolute atomic E-state index is 0.0458. The van der Waals surface area contributed by atoms with Crippen LogP contribution in [-0.4, -0.2) is 17.0 Å². The second-order valence-electron chi connectivity index (χ2n) is 6.92. The lowest BCUT2D eigenvalue weighted by Gasteiger charge is -2.22. The zero-order valence-corrected chi connectivity index (χ0v) is 15.8. The molecule has 3 rings (SSSR count). The number of carbonyl (C=O) groups excluding carboxylic acids is 1. The Morgan fingerprint density at radius 3 is 2.33 bits per heavy atom. The van der Waals surface area contributed by atoms with E-state index in [9.17, 15) is 14.7 Å². The summed E-state index contributed by atoms with van der Waals surface area (Å²) in [7, 11) is 0. The highest BCUT2D eigenvalue weighted by Crippen LogP contribution is 2.33. The smallest absolute Gasteiger partial charge is 0.336 e. The van der Waals surface area contributed by atoms with Crippen molar-refractivity contribution in [2.24, 2.45) is 0 Å². The van der Waals surface area contributed by atoms with Crippen molar-refractivity contribution in [2.45, 2.75) is 44.6 Å². The van der Waals surface area contributed by atoms with Gasteiger partial charge in [0.25, 0.3) is 5.91 Å². The first-order valence-electron chi connectivity index (χ1n) is 9.19. The first kappa shape index (κ1) is 19.2. The molecular formula is C21H23ClN2O3. The maximum atomic E-state index is 11.8.